The lowest BCUT2D eigenvalue weighted by atomic mass is 9.86. The van der Waals surface area contributed by atoms with Crippen molar-refractivity contribution >= 4 is 23.4 Å². The Morgan fingerprint density at radius 2 is 1.82 bits per heavy atom. The first-order chi connectivity index (χ1) is 18.5. The van der Waals surface area contributed by atoms with Gasteiger partial charge in [-0.25, -0.2) is 4.39 Å². The SMILES string of the molecule is COc1ccc(F)c(N2CCC(Oc3ccc(N4N=C(C(F)(F)F)C(C)[C@@H]4CC=O)cc3)C(CC(C)C)C2)c1. The zero-order valence-electron chi connectivity index (χ0n) is 22.6. The van der Waals surface area contributed by atoms with E-state index in [-0.39, 0.29) is 24.3 Å². The highest BCUT2D eigenvalue weighted by molar-refractivity contribution is 5.95. The Morgan fingerprint density at radius 1 is 1.13 bits per heavy atom. The maximum absolute atomic E-state index is 14.7. The monoisotopic (exact) mass is 549 g/mol. The van der Waals surface area contributed by atoms with Crippen molar-refractivity contribution < 1.29 is 31.8 Å². The summed E-state index contributed by atoms with van der Waals surface area (Å²) < 4.78 is 66.7. The summed E-state index contributed by atoms with van der Waals surface area (Å²) in [6.45, 7) is 6.95. The summed E-state index contributed by atoms with van der Waals surface area (Å²) in [7, 11) is 1.55. The number of hydrazone groups is 1. The number of ether oxygens (including phenoxy) is 2. The Bertz CT molecular complexity index is 1170. The Kier molecular flexibility index (Phi) is 8.71. The first kappa shape index (κ1) is 28.7. The molecule has 10 heteroatoms. The van der Waals surface area contributed by atoms with Crippen LogP contribution in [0.3, 0.4) is 0 Å². The summed E-state index contributed by atoms with van der Waals surface area (Å²) >= 11 is 0. The van der Waals surface area contributed by atoms with E-state index in [1.807, 2.05) is 4.90 Å². The third kappa shape index (κ3) is 6.47. The van der Waals surface area contributed by atoms with Crippen molar-refractivity contribution in [2.24, 2.45) is 22.9 Å². The molecule has 2 aromatic rings. The maximum atomic E-state index is 14.7. The van der Waals surface area contributed by atoms with Gasteiger partial charge in [0.05, 0.1) is 24.5 Å². The number of rotatable bonds is 9. The molecule has 0 aromatic heterocycles. The topological polar surface area (TPSA) is 54.4 Å². The van der Waals surface area contributed by atoms with Crippen LogP contribution in [-0.2, 0) is 4.79 Å². The Balaban J connectivity index is 1.50. The van der Waals surface area contributed by atoms with Crippen molar-refractivity contribution in [1.29, 1.82) is 0 Å². The third-order valence-corrected chi connectivity index (χ3v) is 7.49. The molecule has 1 saturated heterocycles. The number of benzene rings is 2. The van der Waals surface area contributed by atoms with Gasteiger partial charge in [-0.15, -0.1) is 0 Å². The quantitative estimate of drug-likeness (QED) is 0.265. The van der Waals surface area contributed by atoms with Crippen LogP contribution in [0.4, 0.5) is 28.9 Å². The standard InChI is InChI=1S/C29H35F4N3O3/c1-18(2)15-20-17-35(26-16-23(38-4)9-10-24(26)30)13-11-27(20)39-22-7-5-21(6-8-22)36-25(12-14-37)19(3)28(34-36)29(31,32)33/h5-10,14,16,18-20,25,27H,11-13,15,17H2,1-4H3/t19?,20?,25-,27?/m0/s1. The van der Waals surface area contributed by atoms with Crippen LogP contribution >= 0.6 is 0 Å². The second kappa shape index (κ2) is 11.8. The number of halogens is 4. The Labute approximate surface area is 226 Å². The molecular formula is C29H35F4N3O3. The van der Waals surface area contributed by atoms with Crippen LogP contribution < -0.4 is 19.4 Å². The first-order valence-corrected chi connectivity index (χ1v) is 13.3. The fraction of sp³-hybridized carbons (Fsp3) is 0.517. The predicted octanol–water partition coefficient (Wildman–Crippen LogP) is 6.49. The minimum atomic E-state index is -4.56. The van der Waals surface area contributed by atoms with Crippen LogP contribution in [0.5, 0.6) is 11.5 Å². The van der Waals surface area contributed by atoms with Gasteiger partial charge in [-0.1, -0.05) is 20.8 Å². The molecule has 0 N–H and O–H groups in total. The number of alkyl halides is 3. The average molecular weight is 550 g/mol. The normalized spacial score (nSPS) is 23.7. The van der Waals surface area contributed by atoms with Gasteiger partial charge in [-0.3, -0.25) is 5.01 Å². The van der Waals surface area contributed by atoms with Crippen LogP contribution in [0.25, 0.3) is 0 Å². The summed E-state index contributed by atoms with van der Waals surface area (Å²) in [6, 6.07) is 10.8. The number of piperidine rings is 1. The van der Waals surface area contributed by atoms with Gasteiger partial charge < -0.3 is 19.2 Å². The summed E-state index contributed by atoms with van der Waals surface area (Å²) in [5.74, 6) is 0.514. The summed E-state index contributed by atoms with van der Waals surface area (Å²) in [5.41, 5.74) is 0.0854. The van der Waals surface area contributed by atoms with Gasteiger partial charge in [0.15, 0.2) is 0 Å². The number of aldehydes is 1. The molecule has 0 amide bonds. The van der Waals surface area contributed by atoms with E-state index in [2.05, 4.69) is 18.9 Å². The molecule has 0 bridgehead atoms. The molecule has 0 spiro atoms. The van der Waals surface area contributed by atoms with Gasteiger partial charge in [0.25, 0.3) is 0 Å². The number of nitrogens with zero attached hydrogens (tertiary/aromatic N) is 3. The highest BCUT2D eigenvalue weighted by Gasteiger charge is 2.48. The van der Waals surface area contributed by atoms with Crippen LogP contribution in [0, 0.1) is 23.6 Å². The van der Waals surface area contributed by atoms with Gasteiger partial charge in [0, 0.05) is 43.8 Å². The fourth-order valence-electron chi connectivity index (χ4n) is 5.57. The lowest BCUT2D eigenvalue weighted by Crippen LogP contribution is -2.46. The molecule has 212 valence electrons. The van der Waals surface area contributed by atoms with Gasteiger partial charge in [0.2, 0.25) is 0 Å². The molecular weight excluding hydrogens is 514 g/mol. The molecule has 0 aliphatic carbocycles. The number of carbonyl (C=O) groups is 1. The van der Waals surface area contributed by atoms with Crippen molar-refractivity contribution in [2.75, 3.05) is 30.1 Å². The number of carbonyl (C=O) groups excluding carboxylic acids is 1. The third-order valence-electron chi connectivity index (χ3n) is 7.49. The molecule has 2 aliphatic heterocycles. The summed E-state index contributed by atoms with van der Waals surface area (Å²) in [4.78, 5) is 13.2. The fourth-order valence-corrected chi connectivity index (χ4v) is 5.57. The van der Waals surface area contributed by atoms with Crippen LogP contribution in [-0.4, -0.2) is 50.5 Å². The minimum absolute atomic E-state index is 0.0637. The van der Waals surface area contributed by atoms with Crippen molar-refractivity contribution in [2.45, 2.75) is 58.4 Å². The predicted molar refractivity (Wildman–Crippen MR) is 143 cm³/mol. The number of methoxy groups -OCH3 is 1. The number of hydrogen-bond acceptors (Lipinski definition) is 6. The Hall–Kier alpha value is -3.30. The molecule has 4 rings (SSSR count). The number of hydrogen-bond donors (Lipinski definition) is 0. The van der Waals surface area contributed by atoms with Crippen LogP contribution in [0.15, 0.2) is 47.6 Å². The van der Waals surface area contributed by atoms with Crippen molar-refractivity contribution in [3.05, 3.63) is 48.3 Å². The van der Waals surface area contributed by atoms with E-state index < -0.39 is 23.8 Å². The molecule has 6 nitrogen and oxygen atoms in total. The average Bonchev–Trinajstić information content (AvgIpc) is 3.22. The summed E-state index contributed by atoms with van der Waals surface area (Å²) in [6.07, 6.45) is -2.54. The van der Waals surface area contributed by atoms with E-state index in [4.69, 9.17) is 9.47 Å². The van der Waals surface area contributed by atoms with Crippen LogP contribution in [0.2, 0.25) is 0 Å². The van der Waals surface area contributed by atoms with Crippen LogP contribution in [0.1, 0.15) is 40.0 Å². The lowest BCUT2D eigenvalue weighted by molar-refractivity contribution is -0.108. The zero-order valence-corrected chi connectivity index (χ0v) is 22.6. The molecule has 1 fully saturated rings. The Morgan fingerprint density at radius 3 is 2.44 bits per heavy atom. The smallest absolute Gasteiger partial charge is 0.431 e. The largest absolute Gasteiger partial charge is 0.497 e. The van der Waals surface area contributed by atoms with E-state index in [9.17, 15) is 22.4 Å². The maximum Gasteiger partial charge on any atom is 0.431 e. The molecule has 2 aliphatic rings. The molecule has 4 atom stereocenters. The first-order valence-electron chi connectivity index (χ1n) is 13.3. The second-order valence-corrected chi connectivity index (χ2v) is 10.7. The summed E-state index contributed by atoms with van der Waals surface area (Å²) in [5, 5.41) is 5.12. The highest BCUT2D eigenvalue weighted by Crippen LogP contribution is 2.37. The van der Waals surface area contributed by atoms with Crippen molar-refractivity contribution in [3.8, 4) is 11.5 Å². The molecule has 2 heterocycles. The van der Waals surface area contributed by atoms with Crippen molar-refractivity contribution in [3.63, 3.8) is 0 Å². The van der Waals surface area contributed by atoms with E-state index in [1.54, 1.807) is 43.5 Å². The van der Waals surface area contributed by atoms with Gasteiger partial charge in [-0.05, 0) is 48.7 Å². The van der Waals surface area contributed by atoms with E-state index in [0.717, 1.165) is 6.42 Å². The molecule has 3 unspecified atom stereocenters. The van der Waals surface area contributed by atoms with Gasteiger partial charge >= 0.3 is 6.18 Å². The molecule has 0 radical (unpaired) electrons. The second-order valence-electron chi connectivity index (χ2n) is 10.7. The minimum Gasteiger partial charge on any atom is -0.497 e. The molecule has 2 aromatic carbocycles. The molecule has 0 saturated carbocycles. The molecule has 39 heavy (non-hydrogen) atoms. The van der Waals surface area contributed by atoms with Crippen molar-refractivity contribution in [1.82, 2.24) is 0 Å². The van der Waals surface area contributed by atoms with Gasteiger partial charge in [-0.2, -0.15) is 18.3 Å². The van der Waals surface area contributed by atoms with E-state index in [1.165, 1.54) is 18.0 Å². The van der Waals surface area contributed by atoms with E-state index in [0.29, 0.717) is 54.6 Å². The lowest BCUT2D eigenvalue weighted by Gasteiger charge is -2.40. The highest BCUT2D eigenvalue weighted by atomic mass is 19.4. The zero-order chi connectivity index (χ0) is 28.3. The van der Waals surface area contributed by atoms with Gasteiger partial charge in [0.1, 0.15) is 35.4 Å². The number of anilines is 2. The van der Waals surface area contributed by atoms with E-state index >= 15 is 0 Å².